The summed E-state index contributed by atoms with van der Waals surface area (Å²) in [5.41, 5.74) is 2.27. The van der Waals surface area contributed by atoms with Gasteiger partial charge in [0, 0.05) is 11.3 Å². The smallest absolute Gasteiger partial charge is 0.265 e. The lowest BCUT2D eigenvalue weighted by molar-refractivity contribution is -0.122. The molecule has 0 aliphatic heterocycles. The molecule has 1 unspecified atom stereocenters. The fourth-order valence-electron chi connectivity index (χ4n) is 3.81. The number of amides is 1. The highest BCUT2D eigenvalue weighted by molar-refractivity contribution is 5.94. The predicted octanol–water partition coefficient (Wildman–Crippen LogP) is 5.58. The van der Waals surface area contributed by atoms with Crippen molar-refractivity contribution in [3.63, 3.8) is 0 Å². The fraction of sp³-hybridized carbons (Fsp3) is 0.214. The molecule has 35 heavy (non-hydrogen) atoms. The van der Waals surface area contributed by atoms with Gasteiger partial charge in [-0.2, -0.15) is 0 Å². The van der Waals surface area contributed by atoms with Crippen molar-refractivity contribution < 1.29 is 23.4 Å². The highest BCUT2D eigenvalue weighted by Gasteiger charge is 2.25. The monoisotopic (exact) mass is 473 g/mol. The summed E-state index contributed by atoms with van der Waals surface area (Å²) >= 11 is 0. The molecule has 0 aliphatic rings. The van der Waals surface area contributed by atoms with Crippen molar-refractivity contribution in [3.8, 4) is 28.6 Å². The van der Waals surface area contributed by atoms with Gasteiger partial charge in [0.05, 0.1) is 19.6 Å². The minimum Gasteiger partial charge on any atom is -0.493 e. The maximum absolute atomic E-state index is 13.5. The van der Waals surface area contributed by atoms with Crippen LogP contribution in [-0.2, 0) is 4.79 Å². The molecule has 4 rings (SSSR count). The lowest BCUT2D eigenvalue weighted by Gasteiger charge is -2.19. The lowest BCUT2D eigenvalue weighted by atomic mass is 10.1. The van der Waals surface area contributed by atoms with Crippen LogP contribution in [0.3, 0.4) is 0 Å². The maximum Gasteiger partial charge on any atom is 0.265 e. The first-order valence-corrected chi connectivity index (χ1v) is 11.3. The van der Waals surface area contributed by atoms with Gasteiger partial charge in [0.2, 0.25) is 11.2 Å². The number of nitrogens with one attached hydrogen (secondary N) is 1. The van der Waals surface area contributed by atoms with Gasteiger partial charge in [0.25, 0.3) is 5.91 Å². The summed E-state index contributed by atoms with van der Waals surface area (Å²) in [4.78, 5) is 26.6. The molecule has 3 aromatic carbocycles. The topological polar surface area (TPSA) is 87.0 Å². The summed E-state index contributed by atoms with van der Waals surface area (Å²) in [7, 11) is 3.07. The molecule has 1 amide bonds. The van der Waals surface area contributed by atoms with E-state index in [-0.39, 0.29) is 22.8 Å². The van der Waals surface area contributed by atoms with Crippen molar-refractivity contribution in [2.24, 2.45) is 0 Å². The van der Waals surface area contributed by atoms with E-state index in [0.717, 1.165) is 5.56 Å². The van der Waals surface area contributed by atoms with Crippen molar-refractivity contribution >= 4 is 22.6 Å². The van der Waals surface area contributed by atoms with Crippen LogP contribution in [0.2, 0.25) is 0 Å². The zero-order chi connectivity index (χ0) is 24.9. The molecule has 0 spiro atoms. The Balaban J connectivity index is 1.79. The summed E-state index contributed by atoms with van der Waals surface area (Å²) in [5.74, 6) is 0.810. The Bertz CT molecular complexity index is 1420. The summed E-state index contributed by atoms with van der Waals surface area (Å²) < 4.78 is 23.0. The van der Waals surface area contributed by atoms with Crippen molar-refractivity contribution in [1.29, 1.82) is 0 Å². The van der Waals surface area contributed by atoms with E-state index in [2.05, 4.69) is 5.32 Å². The molecule has 0 fully saturated rings. The van der Waals surface area contributed by atoms with Crippen LogP contribution in [0.1, 0.15) is 18.9 Å². The van der Waals surface area contributed by atoms with Crippen LogP contribution < -0.4 is 25.0 Å². The number of aryl methyl sites for hydroxylation is 1. The van der Waals surface area contributed by atoms with E-state index in [9.17, 15) is 9.59 Å². The molecule has 1 heterocycles. The van der Waals surface area contributed by atoms with E-state index >= 15 is 0 Å². The Labute approximate surface area is 203 Å². The number of para-hydroxylation sites is 1. The lowest BCUT2D eigenvalue weighted by Crippen LogP contribution is -2.34. The third-order valence-corrected chi connectivity index (χ3v) is 5.61. The van der Waals surface area contributed by atoms with E-state index in [1.54, 1.807) is 55.6 Å². The van der Waals surface area contributed by atoms with Crippen molar-refractivity contribution in [3.05, 3.63) is 82.5 Å². The molecule has 7 nitrogen and oxygen atoms in total. The molecule has 0 radical (unpaired) electrons. The first kappa shape index (κ1) is 23.9. The standard InChI is InChI=1S/C28H27NO6/c1-5-21(28(31)29-19-10-8-9-17(2)15-19)34-27-25(30)20-11-6-7-12-22(20)35-26(27)18-13-14-23(32-3)24(16-18)33-4/h6-16,21H,5H2,1-4H3,(H,29,31). The van der Waals surface area contributed by atoms with Gasteiger partial charge in [0.1, 0.15) is 5.58 Å². The predicted molar refractivity (Wildman–Crippen MR) is 136 cm³/mol. The second kappa shape index (κ2) is 10.3. The number of anilines is 1. The molecule has 4 aromatic rings. The fourth-order valence-corrected chi connectivity index (χ4v) is 3.81. The van der Waals surface area contributed by atoms with Crippen molar-refractivity contribution in [2.45, 2.75) is 26.4 Å². The Kier molecular flexibility index (Phi) is 7.06. The molecule has 1 aromatic heterocycles. The Morgan fingerprint density at radius 2 is 1.74 bits per heavy atom. The average Bonchev–Trinajstić information content (AvgIpc) is 2.87. The number of benzene rings is 3. The molecule has 0 saturated carbocycles. The molecule has 7 heteroatoms. The first-order chi connectivity index (χ1) is 16.9. The number of ether oxygens (including phenoxy) is 3. The first-order valence-electron chi connectivity index (χ1n) is 11.3. The Morgan fingerprint density at radius 1 is 0.971 bits per heavy atom. The zero-order valence-corrected chi connectivity index (χ0v) is 20.1. The number of methoxy groups -OCH3 is 2. The third kappa shape index (κ3) is 4.99. The van der Waals surface area contributed by atoms with Crippen LogP contribution in [0.15, 0.2) is 75.9 Å². The van der Waals surface area contributed by atoms with Crippen LogP contribution in [-0.4, -0.2) is 26.2 Å². The number of hydrogen-bond acceptors (Lipinski definition) is 6. The van der Waals surface area contributed by atoms with Crippen LogP contribution in [0.25, 0.3) is 22.3 Å². The van der Waals surface area contributed by atoms with Crippen LogP contribution in [0.4, 0.5) is 5.69 Å². The van der Waals surface area contributed by atoms with E-state index in [0.29, 0.717) is 40.1 Å². The summed E-state index contributed by atoms with van der Waals surface area (Å²) in [6, 6.07) is 19.6. The second-order valence-corrected chi connectivity index (χ2v) is 8.03. The number of hydrogen-bond donors (Lipinski definition) is 1. The Hall–Kier alpha value is -4.26. The van der Waals surface area contributed by atoms with Gasteiger partial charge in [0.15, 0.2) is 23.4 Å². The number of carbonyl (C=O) groups is 1. The van der Waals surface area contributed by atoms with E-state index in [1.165, 1.54) is 7.11 Å². The van der Waals surface area contributed by atoms with Gasteiger partial charge in [-0.25, -0.2) is 0 Å². The largest absolute Gasteiger partial charge is 0.493 e. The van der Waals surface area contributed by atoms with Gasteiger partial charge in [-0.15, -0.1) is 0 Å². The molecule has 1 atom stereocenters. The van der Waals surface area contributed by atoms with Gasteiger partial charge in [-0.1, -0.05) is 31.2 Å². The van der Waals surface area contributed by atoms with Crippen LogP contribution in [0.5, 0.6) is 17.2 Å². The molecular formula is C28H27NO6. The van der Waals surface area contributed by atoms with E-state index < -0.39 is 6.10 Å². The summed E-state index contributed by atoms with van der Waals surface area (Å²) in [5, 5.41) is 3.23. The molecule has 1 N–H and O–H groups in total. The van der Waals surface area contributed by atoms with Gasteiger partial charge in [-0.05, 0) is 61.4 Å². The highest BCUT2D eigenvalue weighted by atomic mass is 16.5. The molecule has 0 aliphatic carbocycles. The molecule has 180 valence electrons. The van der Waals surface area contributed by atoms with Crippen LogP contribution in [0, 0.1) is 6.92 Å². The SMILES string of the molecule is CCC(Oc1c(-c2ccc(OC)c(OC)c2)oc2ccccc2c1=O)C(=O)Nc1cccc(C)c1. The van der Waals surface area contributed by atoms with E-state index in [4.69, 9.17) is 18.6 Å². The molecule has 0 bridgehead atoms. The summed E-state index contributed by atoms with van der Waals surface area (Å²) in [6.07, 6.45) is -0.576. The Morgan fingerprint density at radius 3 is 2.46 bits per heavy atom. The molecule has 0 saturated heterocycles. The normalized spacial score (nSPS) is 11.7. The number of carbonyl (C=O) groups excluding carboxylic acids is 1. The maximum atomic E-state index is 13.5. The van der Waals surface area contributed by atoms with Gasteiger partial charge in [-0.3, -0.25) is 9.59 Å². The van der Waals surface area contributed by atoms with Gasteiger partial charge >= 0.3 is 0 Å². The quantitative estimate of drug-likeness (QED) is 0.359. The zero-order valence-electron chi connectivity index (χ0n) is 20.1. The van der Waals surface area contributed by atoms with E-state index in [1.807, 2.05) is 32.0 Å². The second-order valence-electron chi connectivity index (χ2n) is 8.03. The summed E-state index contributed by atoms with van der Waals surface area (Å²) in [6.45, 7) is 3.76. The van der Waals surface area contributed by atoms with Gasteiger partial charge < -0.3 is 23.9 Å². The third-order valence-electron chi connectivity index (χ3n) is 5.61. The minimum atomic E-state index is -0.918. The minimum absolute atomic E-state index is 0.0397. The molecular weight excluding hydrogens is 446 g/mol. The highest BCUT2D eigenvalue weighted by Crippen LogP contribution is 2.37. The van der Waals surface area contributed by atoms with Crippen molar-refractivity contribution in [1.82, 2.24) is 0 Å². The van der Waals surface area contributed by atoms with Crippen molar-refractivity contribution in [2.75, 3.05) is 19.5 Å². The number of fused-ring (bicyclic) bond motifs is 1. The van der Waals surface area contributed by atoms with Crippen LogP contribution >= 0.6 is 0 Å². The average molecular weight is 474 g/mol. The number of rotatable bonds is 8.